The Bertz CT molecular complexity index is 1190. The molecular weight excluding hydrogens is 430 g/mol. The zero-order valence-electron chi connectivity index (χ0n) is 17.7. The second-order valence-corrected chi connectivity index (χ2v) is 9.02. The quantitative estimate of drug-likeness (QED) is 0.389. The molecule has 3 aromatic rings. The number of hydrogen-bond acceptors (Lipinski definition) is 6. The number of carbonyl (C=O) groups is 1. The molecule has 0 saturated heterocycles. The fourth-order valence-electron chi connectivity index (χ4n) is 3.00. The monoisotopic (exact) mass is 455 g/mol. The Labute approximate surface area is 187 Å². The third kappa shape index (κ3) is 5.70. The first kappa shape index (κ1) is 23.0. The molecule has 0 bridgehead atoms. The summed E-state index contributed by atoms with van der Waals surface area (Å²) in [5.74, 6) is -0.750. The summed E-state index contributed by atoms with van der Waals surface area (Å²) in [6, 6.07) is 18.0. The van der Waals surface area contributed by atoms with Crippen LogP contribution in [-0.4, -0.2) is 25.5 Å². The average molecular weight is 456 g/mol. The number of ether oxygens (including phenoxy) is 1. The van der Waals surface area contributed by atoms with E-state index in [-0.39, 0.29) is 22.3 Å². The molecule has 8 nitrogen and oxygen atoms in total. The van der Waals surface area contributed by atoms with Gasteiger partial charge in [-0.25, -0.2) is 8.42 Å². The first-order valence-electron chi connectivity index (χ1n) is 9.90. The van der Waals surface area contributed by atoms with Crippen LogP contribution in [0.15, 0.2) is 71.6 Å². The van der Waals surface area contributed by atoms with Crippen LogP contribution in [0.25, 0.3) is 0 Å². The van der Waals surface area contributed by atoms with E-state index in [0.717, 1.165) is 11.6 Å². The van der Waals surface area contributed by atoms with Crippen LogP contribution in [0.1, 0.15) is 29.8 Å². The maximum atomic E-state index is 13.2. The van der Waals surface area contributed by atoms with Gasteiger partial charge in [-0.1, -0.05) is 30.3 Å². The van der Waals surface area contributed by atoms with E-state index in [0.29, 0.717) is 18.0 Å². The van der Waals surface area contributed by atoms with Gasteiger partial charge in [0.15, 0.2) is 0 Å². The van der Waals surface area contributed by atoms with Crippen LogP contribution in [0.2, 0.25) is 0 Å². The van der Waals surface area contributed by atoms with Crippen LogP contribution < -0.4 is 20.5 Å². The molecule has 0 aliphatic heterocycles. The maximum Gasteiger partial charge on any atom is 0.263 e. The van der Waals surface area contributed by atoms with Gasteiger partial charge in [-0.15, -0.1) is 0 Å². The van der Waals surface area contributed by atoms with E-state index in [2.05, 4.69) is 10.0 Å². The zero-order valence-corrected chi connectivity index (χ0v) is 18.5. The number of amides is 1. The van der Waals surface area contributed by atoms with E-state index in [9.17, 15) is 18.3 Å². The van der Waals surface area contributed by atoms with Gasteiger partial charge in [0, 0.05) is 18.3 Å². The Morgan fingerprint density at radius 2 is 1.72 bits per heavy atom. The van der Waals surface area contributed by atoms with Crippen LogP contribution in [-0.2, 0) is 16.6 Å². The predicted octanol–water partition coefficient (Wildman–Crippen LogP) is 3.69. The summed E-state index contributed by atoms with van der Waals surface area (Å²) in [5.41, 5.74) is 6.35. The highest BCUT2D eigenvalue weighted by Gasteiger charge is 2.23. The van der Waals surface area contributed by atoms with Crippen molar-refractivity contribution in [2.24, 2.45) is 5.73 Å². The third-order valence-corrected chi connectivity index (χ3v) is 5.88. The Balaban J connectivity index is 1.93. The summed E-state index contributed by atoms with van der Waals surface area (Å²) in [5, 5.41) is 13.2. The number of nitrogens with two attached hydrogens (primary N) is 1. The summed E-state index contributed by atoms with van der Waals surface area (Å²) in [6.45, 7) is 4.09. The molecule has 0 heterocycles. The smallest absolute Gasteiger partial charge is 0.263 e. The minimum atomic E-state index is -4.13. The first-order chi connectivity index (χ1) is 15.2. The molecule has 0 fully saturated rings. The molecule has 3 aromatic carbocycles. The van der Waals surface area contributed by atoms with Gasteiger partial charge < -0.3 is 20.9 Å². The second-order valence-electron chi connectivity index (χ2n) is 7.37. The van der Waals surface area contributed by atoms with Crippen molar-refractivity contribution in [3.8, 4) is 11.5 Å². The van der Waals surface area contributed by atoms with Crippen molar-refractivity contribution in [3.63, 3.8) is 0 Å². The Morgan fingerprint density at radius 1 is 1.06 bits per heavy atom. The van der Waals surface area contributed by atoms with Crippen molar-refractivity contribution in [3.05, 3.63) is 77.9 Å². The number of phenols is 1. The van der Waals surface area contributed by atoms with Gasteiger partial charge in [-0.05, 0) is 49.7 Å². The molecule has 32 heavy (non-hydrogen) atoms. The van der Waals surface area contributed by atoms with Crippen molar-refractivity contribution in [1.29, 1.82) is 0 Å². The lowest BCUT2D eigenvalue weighted by Crippen LogP contribution is -2.18. The minimum Gasteiger partial charge on any atom is -0.507 e. The molecule has 0 aliphatic carbocycles. The van der Waals surface area contributed by atoms with E-state index in [1.807, 2.05) is 44.2 Å². The molecule has 168 valence electrons. The van der Waals surface area contributed by atoms with Gasteiger partial charge >= 0.3 is 0 Å². The molecule has 9 heteroatoms. The Morgan fingerprint density at radius 3 is 2.31 bits per heavy atom. The van der Waals surface area contributed by atoms with E-state index in [1.165, 1.54) is 6.07 Å². The number of hydrogen-bond donors (Lipinski definition) is 4. The number of sulfonamides is 1. The average Bonchev–Trinajstić information content (AvgIpc) is 2.73. The molecule has 5 N–H and O–H groups in total. The van der Waals surface area contributed by atoms with Gasteiger partial charge in [0.05, 0.1) is 17.4 Å². The number of rotatable bonds is 9. The molecular formula is C23H25N3O5S. The molecule has 3 rings (SSSR count). The molecule has 0 radical (unpaired) electrons. The highest BCUT2D eigenvalue weighted by atomic mass is 32.2. The Hall–Kier alpha value is -3.72. The molecule has 0 saturated carbocycles. The summed E-state index contributed by atoms with van der Waals surface area (Å²) >= 11 is 0. The largest absolute Gasteiger partial charge is 0.507 e. The molecule has 0 spiro atoms. The highest BCUT2D eigenvalue weighted by molar-refractivity contribution is 7.92. The zero-order chi connectivity index (χ0) is 23.3. The number of aromatic hydroxyl groups is 1. The topological polar surface area (TPSA) is 131 Å². The molecule has 0 aromatic heterocycles. The molecule has 0 unspecified atom stereocenters. The second kappa shape index (κ2) is 9.61. The lowest BCUT2D eigenvalue weighted by molar-refractivity contribution is 0.0997. The standard InChI is InChI=1S/C23H25N3O5S/c1-15(2)31-18-10-8-17(9-11-18)26-32(29,30)22-12-19(23(24)28)21(27)13-20(22)25-14-16-6-4-3-5-7-16/h3-13,15,25-27H,14H2,1-2H3,(H2,24,28). The number of anilines is 2. The summed E-state index contributed by atoms with van der Waals surface area (Å²) in [4.78, 5) is 11.5. The first-order valence-corrected chi connectivity index (χ1v) is 11.4. The van der Waals surface area contributed by atoms with E-state index in [1.54, 1.807) is 24.3 Å². The number of benzene rings is 3. The maximum absolute atomic E-state index is 13.2. The fraction of sp³-hybridized carbons (Fsp3) is 0.174. The van der Waals surface area contributed by atoms with Crippen molar-refractivity contribution in [2.45, 2.75) is 31.4 Å². The number of primary amides is 1. The van der Waals surface area contributed by atoms with Gasteiger partial charge in [0.1, 0.15) is 16.4 Å². The third-order valence-electron chi connectivity index (χ3n) is 4.46. The highest BCUT2D eigenvalue weighted by Crippen LogP contribution is 2.31. The van der Waals surface area contributed by atoms with Crippen molar-refractivity contribution in [1.82, 2.24) is 0 Å². The van der Waals surface area contributed by atoms with Gasteiger partial charge in [-0.2, -0.15) is 0 Å². The van der Waals surface area contributed by atoms with Crippen LogP contribution in [0.3, 0.4) is 0 Å². The summed E-state index contributed by atoms with van der Waals surface area (Å²) in [6.07, 6.45) is -0.0139. The van der Waals surface area contributed by atoms with Crippen molar-refractivity contribution in [2.75, 3.05) is 10.0 Å². The number of nitrogens with one attached hydrogen (secondary N) is 2. The lowest BCUT2D eigenvalue weighted by Gasteiger charge is -2.16. The predicted molar refractivity (Wildman–Crippen MR) is 123 cm³/mol. The van der Waals surface area contributed by atoms with Gasteiger partial charge in [-0.3, -0.25) is 9.52 Å². The lowest BCUT2D eigenvalue weighted by atomic mass is 10.1. The summed E-state index contributed by atoms with van der Waals surface area (Å²) in [7, 11) is -4.13. The summed E-state index contributed by atoms with van der Waals surface area (Å²) < 4.78 is 34.4. The van der Waals surface area contributed by atoms with Crippen LogP contribution in [0.4, 0.5) is 11.4 Å². The van der Waals surface area contributed by atoms with Crippen molar-refractivity contribution < 1.29 is 23.1 Å². The minimum absolute atomic E-state index is 0.0139. The van der Waals surface area contributed by atoms with E-state index >= 15 is 0 Å². The fourth-order valence-corrected chi connectivity index (χ4v) is 4.25. The SMILES string of the molecule is CC(C)Oc1ccc(NS(=O)(=O)c2cc(C(N)=O)c(O)cc2NCc2ccccc2)cc1. The molecule has 0 atom stereocenters. The van der Waals surface area contributed by atoms with E-state index in [4.69, 9.17) is 10.5 Å². The molecule has 1 amide bonds. The van der Waals surface area contributed by atoms with Crippen molar-refractivity contribution >= 4 is 27.3 Å². The Kier molecular flexibility index (Phi) is 6.89. The van der Waals surface area contributed by atoms with Gasteiger partial charge in [0.2, 0.25) is 0 Å². The molecule has 0 aliphatic rings. The van der Waals surface area contributed by atoms with E-state index < -0.39 is 21.7 Å². The van der Waals surface area contributed by atoms with Gasteiger partial charge in [0.25, 0.3) is 15.9 Å². The van der Waals surface area contributed by atoms with Crippen LogP contribution >= 0.6 is 0 Å². The van der Waals surface area contributed by atoms with Crippen LogP contribution in [0, 0.1) is 0 Å². The van der Waals surface area contributed by atoms with Crippen LogP contribution in [0.5, 0.6) is 11.5 Å². The number of carbonyl (C=O) groups excluding carboxylic acids is 1. The normalized spacial score (nSPS) is 11.2.